The molecule has 22 heavy (non-hydrogen) atoms. The molecule has 2 unspecified atom stereocenters. The van der Waals surface area contributed by atoms with Crippen molar-refractivity contribution >= 4 is 28.4 Å². The van der Waals surface area contributed by atoms with Crippen LogP contribution >= 0.6 is 11.6 Å². The molecule has 3 N–H and O–H groups in total. The summed E-state index contributed by atoms with van der Waals surface area (Å²) in [5.41, 5.74) is 1.82. The molecule has 1 amide bonds. The van der Waals surface area contributed by atoms with E-state index in [0.29, 0.717) is 18.0 Å². The summed E-state index contributed by atoms with van der Waals surface area (Å²) in [5, 5.41) is 20.3. The molecule has 0 bridgehead atoms. The maximum absolute atomic E-state index is 12.5. The maximum Gasteiger partial charge on any atom is 0.227 e. The van der Waals surface area contributed by atoms with Gasteiger partial charge in [-0.1, -0.05) is 17.7 Å². The number of aliphatic hydroxyl groups excluding tert-OH is 2. The predicted molar refractivity (Wildman–Crippen MR) is 84.8 cm³/mol. The van der Waals surface area contributed by atoms with E-state index in [4.69, 9.17) is 11.6 Å². The lowest BCUT2D eigenvalue weighted by Gasteiger charge is -2.23. The van der Waals surface area contributed by atoms with Crippen LogP contribution < -0.4 is 0 Å². The number of carbonyl (C=O) groups is 1. The van der Waals surface area contributed by atoms with Crippen LogP contribution in [0.3, 0.4) is 0 Å². The van der Waals surface area contributed by atoms with Gasteiger partial charge in [0, 0.05) is 41.2 Å². The molecule has 1 saturated heterocycles. The van der Waals surface area contributed by atoms with Gasteiger partial charge in [-0.15, -0.1) is 0 Å². The number of nitrogens with one attached hydrogen (secondary N) is 1. The van der Waals surface area contributed by atoms with E-state index in [9.17, 15) is 15.0 Å². The second-order valence-electron chi connectivity index (χ2n) is 5.85. The van der Waals surface area contributed by atoms with Crippen LogP contribution in [0.5, 0.6) is 0 Å². The summed E-state index contributed by atoms with van der Waals surface area (Å²) in [6, 6.07) is 5.35. The van der Waals surface area contributed by atoms with Crippen molar-refractivity contribution in [3.63, 3.8) is 0 Å². The van der Waals surface area contributed by atoms with Crippen molar-refractivity contribution in [3.8, 4) is 0 Å². The Bertz CT molecular complexity index is 685. The van der Waals surface area contributed by atoms with E-state index in [-0.39, 0.29) is 37.5 Å². The molecule has 5 nitrogen and oxygen atoms in total. The van der Waals surface area contributed by atoms with Crippen LogP contribution in [-0.4, -0.2) is 51.8 Å². The predicted octanol–water partition coefficient (Wildman–Crippen LogP) is 1.57. The Kier molecular flexibility index (Phi) is 4.38. The molecule has 2 heterocycles. The van der Waals surface area contributed by atoms with Gasteiger partial charge in [0.25, 0.3) is 0 Å². The Morgan fingerprint density at radius 2 is 2.18 bits per heavy atom. The van der Waals surface area contributed by atoms with Gasteiger partial charge in [-0.2, -0.15) is 0 Å². The number of halogens is 1. The molecular formula is C16H19ClN2O3. The zero-order valence-electron chi connectivity index (χ0n) is 12.1. The van der Waals surface area contributed by atoms with Crippen LogP contribution in [0.15, 0.2) is 24.4 Å². The molecular weight excluding hydrogens is 304 g/mol. The first-order valence-corrected chi connectivity index (χ1v) is 7.77. The fourth-order valence-corrected chi connectivity index (χ4v) is 3.37. The molecule has 1 aromatic heterocycles. The minimum atomic E-state index is -0.190. The Hall–Kier alpha value is -1.56. The van der Waals surface area contributed by atoms with Gasteiger partial charge in [0.2, 0.25) is 5.91 Å². The topological polar surface area (TPSA) is 76.6 Å². The van der Waals surface area contributed by atoms with Crippen LogP contribution in [0, 0.1) is 5.92 Å². The zero-order chi connectivity index (χ0) is 15.7. The van der Waals surface area contributed by atoms with Gasteiger partial charge < -0.3 is 20.1 Å². The van der Waals surface area contributed by atoms with E-state index in [2.05, 4.69) is 4.98 Å². The minimum absolute atomic E-state index is 0.0224. The largest absolute Gasteiger partial charge is 0.396 e. The number of hydrogen-bond donors (Lipinski definition) is 3. The Morgan fingerprint density at radius 1 is 1.36 bits per heavy atom. The number of hydrogen-bond acceptors (Lipinski definition) is 3. The van der Waals surface area contributed by atoms with Crippen LogP contribution in [0.1, 0.15) is 12.0 Å². The summed E-state index contributed by atoms with van der Waals surface area (Å²) in [5.74, 6) is 0.0359. The van der Waals surface area contributed by atoms with Crippen LogP contribution in [0.25, 0.3) is 10.9 Å². The highest BCUT2D eigenvalue weighted by atomic mass is 35.5. The number of aromatic amines is 1. The van der Waals surface area contributed by atoms with Gasteiger partial charge in [0.1, 0.15) is 0 Å². The lowest BCUT2D eigenvalue weighted by molar-refractivity contribution is -0.132. The number of carbonyl (C=O) groups excluding carboxylic acids is 1. The number of aliphatic hydroxyl groups is 2. The van der Waals surface area contributed by atoms with E-state index >= 15 is 0 Å². The number of aromatic nitrogens is 1. The van der Waals surface area contributed by atoms with Crippen LogP contribution in [0.2, 0.25) is 5.02 Å². The number of rotatable bonds is 4. The SMILES string of the molecule is O=C(Cc1c[nH]c2cc(Cl)ccc12)N1CC(CO)CC1CO. The summed E-state index contributed by atoms with van der Waals surface area (Å²) >= 11 is 5.96. The molecule has 2 aromatic rings. The number of likely N-dealkylation sites (tertiary alicyclic amines) is 1. The fourth-order valence-electron chi connectivity index (χ4n) is 3.19. The number of nitrogens with zero attached hydrogens (tertiary/aromatic N) is 1. The van der Waals surface area contributed by atoms with Crippen LogP contribution in [-0.2, 0) is 11.2 Å². The van der Waals surface area contributed by atoms with Crippen molar-refractivity contribution in [2.75, 3.05) is 19.8 Å². The molecule has 1 aromatic carbocycles. The molecule has 0 saturated carbocycles. The van der Waals surface area contributed by atoms with Crippen molar-refractivity contribution in [3.05, 3.63) is 35.0 Å². The second-order valence-corrected chi connectivity index (χ2v) is 6.28. The van der Waals surface area contributed by atoms with Crippen molar-refractivity contribution in [2.45, 2.75) is 18.9 Å². The first-order chi connectivity index (χ1) is 10.6. The van der Waals surface area contributed by atoms with Gasteiger partial charge in [0.05, 0.1) is 19.1 Å². The molecule has 2 atom stereocenters. The molecule has 118 valence electrons. The highest BCUT2D eigenvalue weighted by molar-refractivity contribution is 6.31. The first kappa shape index (κ1) is 15.3. The third-order valence-corrected chi connectivity index (χ3v) is 4.60. The monoisotopic (exact) mass is 322 g/mol. The standard InChI is InChI=1S/C16H19ClN2O3/c17-12-1-2-14-11(6-18-15(14)5-12)4-16(22)19-7-10(8-20)3-13(19)9-21/h1-2,5-6,10,13,18,20-21H,3-4,7-9H2. The number of benzene rings is 1. The van der Waals surface area contributed by atoms with Gasteiger partial charge in [0.15, 0.2) is 0 Å². The summed E-state index contributed by atoms with van der Waals surface area (Å²) in [6.45, 7) is 0.492. The molecule has 6 heteroatoms. The average molecular weight is 323 g/mol. The van der Waals surface area contributed by atoms with E-state index in [1.165, 1.54) is 0 Å². The van der Waals surface area contributed by atoms with E-state index in [0.717, 1.165) is 16.5 Å². The molecule has 0 spiro atoms. The number of amides is 1. The van der Waals surface area contributed by atoms with Crippen LogP contribution in [0.4, 0.5) is 0 Å². The van der Waals surface area contributed by atoms with Crippen molar-refractivity contribution in [1.82, 2.24) is 9.88 Å². The molecule has 0 aliphatic carbocycles. The quantitative estimate of drug-likeness (QED) is 0.799. The summed E-state index contributed by atoms with van der Waals surface area (Å²) < 4.78 is 0. The fraction of sp³-hybridized carbons (Fsp3) is 0.438. The van der Waals surface area contributed by atoms with Crippen molar-refractivity contribution in [2.24, 2.45) is 5.92 Å². The molecule has 1 aliphatic rings. The maximum atomic E-state index is 12.5. The average Bonchev–Trinajstić information content (AvgIpc) is 3.10. The summed E-state index contributed by atoms with van der Waals surface area (Å²) in [4.78, 5) is 17.4. The molecule has 3 rings (SSSR count). The van der Waals surface area contributed by atoms with Crippen molar-refractivity contribution in [1.29, 1.82) is 0 Å². The Morgan fingerprint density at radius 3 is 2.91 bits per heavy atom. The first-order valence-electron chi connectivity index (χ1n) is 7.39. The molecule has 1 aliphatic heterocycles. The lowest BCUT2D eigenvalue weighted by atomic mass is 10.1. The number of H-pyrrole nitrogens is 1. The lowest BCUT2D eigenvalue weighted by Crippen LogP contribution is -2.38. The van der Waals surface area contributed by atoms with E-state index < -0.39 is 0 Å². The summed E-state index contributed by atoms with van der Waals surface area (Å²) in [6.07, 6.45) is 2.75. The minimum Gasteiger partial charge on any atom is -0.396 e. The van der Waals surface area contributed by atoms with Gasteiger partial charge in [-0.3, -0.25) is 4.79 Å². The summed E-state index contributed by atoms with van der Waals surface area (Å²) in [7, 11) is 0. The smallest absolute Gasteiger partial charge is 0.227 e. The van der Waals surface area contributed by atoms with Gasteiger partial charge >= 0.3 is 0 Å². The number of fused-ring (bicyclic) bond motifs is 1. The Labute approximate surface area is 133 Å². The zero-order valence-corrected chi connectivity index (χ0v) is 12.9. The van der Waals surface area contributed by atoms with Gasteiger partial charge in [-0.05, 0) is 24.1 Å². The highest BCUT2D eigenvalue weighted by Gasteiger charge is 2.34. The third kappa shape index (κ3) is 2.84. The second kappa shape index (κ2) is 6.28. The normalized spacial score (nSPS) is 21.7. The van der Waals surface area contributed by atoms with Gasteiger partial charge in [-0.25, -0.2) is 0 Å². The van der Waals surface area contributed by atoms with E-state index in [1.807, 2.05) is 18.3 Å². The third-order valence-electron chi connectivity index (χ3n) is 4.36. The highest BCUT2D eigenvalue weighted by Crippen LogP contribution is 2.26. The molecule has 1 fully saturated rings. The van der Waals surface area contributed by atoms with E-state index in [1.54, 1.807) is 11.0 Å². The van der Waals surface area contributed by atoms with Crippen molar-refractivity contribution < 1.29 is 15.0 Å². The Balaban J connectivity index is 1.78. The molecule has 0 radical (unpaired) electrons.